The van der Waals surface area contributed by atoms with Crippen LogP contribution in [0.5, 0.6) is 0 Å². The molecule has 1 aromatic heterocycles. The number of nitrogens with zero attached hydrogens (tertiary/aromatic N) is 3. The quantitative estimate of drug-likeness (QED) is 0.123. The van der Waals surface area contributed by atoms with Crippen molar-refractivity contribution in [1.82, 2.24) is 15.0 Å². The van der Waals surface area contributed by atoms with E-state index in [1.54, 1.807) is 12.2 Å². The smallest absolute Gasteiger partial charge is 0.164 e. The lowest BCUT2D eigenvalue weighted by Gasteiger charge is -2.25. The highest BCUT2D eigenvalue weighted by Gasteiger charge is 2.26. The van der Waals surface area contributed by atoms with Crippen LogP contribution in [0.15, 0.2) is 238 Å². The zero-order chi connectivity index (χ0) is 40.7. The Kier molecular flexibility index (Phi) is 10.8. The molecule has 0 aliphatic rings. The Hall–Kier alpha value is -8.01. The van der Waals surface area contributed by atoms with Crippen LogP contribution in [-0.4, -0.2) is 15.0 Å². The van der Waals surface area contributed by atoms with Crippen LogP contribution in [-0.2, 0) is 0 Å². The van der Waals surface area contributed by atoms with Gasteiger partial charge in [-0.2, -0.15) is 0 Å². The van der Waals surface area contributed by atoms with E-state index in [4.69, 9.17) is 15.0 Å². The SMILES string of the molecule is C=C/C=C(\C=C)c1nc(-c2ccccc2)nc(-c2ccccc2-c2ccccc2-c2cc(-c3ccccc3)c(-c3ccccc3)c(-c3ccccc3)c2-c2ccccc2)n1. The van der Waals surface area contributed by atoms with Crippen molar-refractivity contribution in [2.45, 2.75) is 0 Å². The molecule has 0 aliphatic heterocycles. The maximum atomic E-state index is 5.15. The second-order valence-electron chi connectivity index (χ2n) is 14.4. The summed E-state index contributed by atoms with van der Waals surface area (Å²) in [5, 5.41) is 0. The first-order valence-corrected chi connectivity index (χ1v) is 20.1. The zero-order valence-electron chi connectivity index (χ0n) is 33.1. The molecular weight excluding hydrogens is 727 g/mol. The third-order valence-electron chi connectivity index (χ3n) is 10.7. The van der Waals surface area contributed by atoms with Gasteiger partial charge in [0.25, 0.3) is 0 Å². The van der Waals surface area contributed by atoms with Gasteiger partial charge in [-0.15, -0.1) is 0 Å². The number of hydrogen-bond acceptors (Lipinski definition) is 3. The van der Waals surface area contributed by atoms with Crippen LogP contribution in [0, 0.1) is 0 Å². The summed E-state index contributed by atoms with van der Waals surface area (Å²) in [7, 11) is 0. The third kappa shape index (κ3) is 7.44. The van der Waals surface area contributed by atoms with Gasteiger partial charge in [0, 0.05) is 16.7 Å². The Balaban J connectivity index is 1.37. The van der Waals surface area contributed by atoms with E-state index in [0.717, 1.165) is 72.3 Å². The summed E-state index contributed by atoms with van der Waals surface area (Å²) >= 11 is 0. The normalized spacial score (nSPS) is 11.2. The molecule has 60 heavy (non-hydrogen) atoms. The monoisotopic (exact) mass is 767 g/mol. The fourth-order valence-electron chi connectivity index (χ4n) is 8.01. The number of allylic oxidation sites excluding steroid dienone is 4. The molecule has 8 aromatic carbocycles. The first-order chi connectivity index (χ1) is 29.7. The first kappa shape index (κ1) is 37.6. The van der Waals surface area contributed by atoms with Gasteiger partial charge in [-0.1, -0.05) is 232 Å². The summed E-state index contributed by atoms with van der Waals surface area (Å²) in [5.74, 6) is 1.68. The average molecular weight is 768 g/mol. The van der Waals surface area contributed by atoms with Crippen molar-refractivity contribution in [3.63, 3.8) is 0 Å². The van der Waals surface area contributed by atoms with Crippen molar-refractivity contribution in [3.05, 3.63) is 243 Å². The van der Waals surface area contributed by atoms with E-state index >= 15 is 0 Å². The largest absolute Gasteiger partial charge is 0.208 e. The van der Waals surface area contributed by atoms with Gasteiger partial charge in [0.2, 0.25) is 0 Å². The van der Waals surface area contributed by atoms with Gasteiger partial charge < -0.3 is 0 Å². The van der Waals surface area contributed by atoms with Crippen molar-refractivity contribution < 1.29 is 0 Å². The molecule has 9 rings (SSSR count). The van der Waals surface area contributed by atoms with Crippen molar-refractivity contribution in [2.75, 3.05) is 0 Å². The van der Waals surface area contributed by atoms with Crippen molar-refractivity contribution in [1.29, 1.82) is 0 Å². The summed E-state index contributed by atoms with van der Waals surface area (Å²) in [4.78, 5) is 15.2. The Morgan fingerprint density at radius 2 is 0.717 bits per heavy atom. The molecule has 3 heteroatoms. The summed E-state index contributed by atoms with van der Waals surface area (Å²) in [6.45, 7) is 8.01. The van der Waals surface area contributed by atoms with Gasteiger partial charge in [-0.3, -0.25) is 0 Å². The molecule has 0 unspecified atom stereocenters. The maximum Gasteiger partial charge on any atom is 0.164 e. The predicted molar refractivity (Wildman–Crippen MR) is 252 cm³/mol. The van der Waals surface area contributed by atoms with Crippen LogP contribution in [0.4, 0.5) is 0 Å². The maximum absolute atomic E-state index is 5.15. The van der Waals surface area contributed by atoms with Crippen LogP contribution < -0.4 is 0 Å². The second-order valence-corrected chi connectivity index (χ2v) is 14.4. The standard InChI is InChI=1S/C57H41N3/c1-3-24-40(4-2)55-58-56(45-33-18-9-19-34-45)60-57(59-55)49-38-23-22-36-47(49)46-35-20-21-37-48(46)51-39-50(41-25-10-5-11-26-41)52(42-27-12-6-13-28-42)54(44-31-16-8-17-32-44)53(51)43-29-14-7-15-30-43/h3-39H,1-2H2/b40-24+. The zero-order valence-corrected chi connectivity index (χ0v) is 33.1. The summed E-state index contributed by atoms with van der Waals surface area (Å²) < 4.78 is 0. The highest BCUT2D eigenvalue weighted by atomic mass is 15.0. The topological polar surface area (TPSA) is 38.7 Å². The molecular formula is C57H41N3. The number of benzene rings is 8. The van der Waals surface area contributed by atoms with Crippen LogP contribution in [0.1, 0.15) is 5.82 Å². The molecule has 0 fully saturated rings. The van der Waals surface area contributed by atoms with Crippen molar-refractivity contribution >= 4 is 5.57 Å². The first-order valence-electron chi connectivity index (χ1n) is 20.1. The van der Waals surface area contributed by atoms with Crippen molar-refractivity contribution in [3.8, 4) is 89.5 Å². The van der Waals surface area contributed by atoms with Crippen molar-refractivity contribution in [2.24, 2.45) is 0 Å². The second kappa shape index (κ2) is 17.2. The van der Waals surface area contributed by atoms with E-state index in [1.165, 1.54) is 11.1 Å². The van der Waals surface area contributed by atoms with Gasteiger partial charge in [-0.25, -0.2) is 15.0 Å². The van der Waals surface area contributed by atoms with E-state index in [2.05, 4.69) is 183 Å². The van der Waals surface area contributed by atoms with Crippen LogP contribution in [0.25, 0.3) is 95.1 Å². The predicted octanol–water partition coefficient (Wildman–Crippen LogP) is 15.0. The minimum absolute atomic E-state index is 0.528. The summed E-state index contributed by atoms with van der Waals surface area (Å²) in [6, 6.07) is 72.7. The molecule has 0 amide bonds. The molecule has 0 bridgehead atoms. The van der Waals surface area contributed by atoms with Crippen LogP contribution >= 0.6 is 0 Å². The molecule has 3 nitrogen and oxygen atoms in total. The Bertz CT molecular complexity index is 2970. The van der Waals surface area contributed by atoms with E-state index in [9.17, 15) is 0 Å². The Morgan fingerprint density at radius 3 is 1.22 bits per heavy atom. The van der Waals surface area contributed by atoms with E-state index in [0.29, 0.717) is 17.5 Å². The minimum Gasteiger partial charge on any atom is -0.208 e. The van der Waals surface area contributed by atoms with Gasteiger partial charge >= 0.3 is 0 Å². The molecule has 0 N–H and O–H groups in total. The molecule has 0 atom stereocenters. The fraction of sp³-hybridized carbons (Fsp3) is 0. The number of rotatable bonds is 11. The lowest BCUT2D eigenvalue weighted by Crippen LogP contribution is -2.03. The summed E-state index contributed by atoms with van der Waals surface area (Å²) in [5.41, 5.74) is 16.1. The van der Waals surface area contributed by atoms with Gasteiger partial charge in [0.15, 0.2) is 17.5 Å². The Morgan fingerprint density at radius 1 is 0.333 bits per heavy atom. The number of aromatic nitrogens is 3. The Labute approximate surface area is 352 Å². The van der Waals surface area contributed by atoms with E-state index in [1.807, 2.05) is 42.5 Å². The summed E-state index contributed by atoms with van der Waals surface area (Å²) in [6.07, 6.45) is 5.37. The molecule has 1 heterocycles. The molecule has 284 valence electrons. The molecule has 0 saturated carbocycles. The van der Waals surface area contributed by atoms with Crippen LogP contribution in [0.3, 0.4) is 0 Å². The van der Waals surface area contributed by atoms with Gasteiger partial charge in [0.05, 0.1) is 0 Å². The van der Waals surface area contributed by atoms with E-state index in [-0.39, 0.29) is 0 Å². The molecule has 0 aliphatic carbocycles. The highest BCUT2D eigenvalue weighted by Crippen LogP contribution is 2.52. The lowest BCUT2D eigenvalue weighted by molar-refractivity contribution is 1.04. The molecule has 0 spiro atoms. The lowest BCUT2D eigenvalue weighted by atomic mass is 9.77. The third-order valence-corrected chi connectivity index (χ3v) is 10.7. The van der Waals surface area contributed by atoms with Crippen LogP contribution in [0.2, 0.25) is 0 Å². The molecule has 0 saturated heterocycles. The highest BCUT2D eigenvalue weighted by molar-refractivity contribution is 6.09. The van der Waals surface area contributed by atoms with Gasteiger partial charge in [0.1, 0.15) is 0 Å². The molecule has 9 aromatic rings. The average Bonchev–Trinajstić information content (AvgIpc) is 3.33. The number of hydrogen-bond donors (Lipinski definition) is 0. The minimum atomic E-state index is 0.528. The van der Waals surface area contributed by atoms with E-state index < -0.39 is 0 Å². The van der Waals surface area contributed by atoms with Gasteiger partial charge in [-0.05, 0) is 72.8 Å². The molecule has 0 radical (unpaired) electrons. The fourth-order valence-corrected chi connectivity index (χ4v) is 8.01.